The van der Waals surface area contributed by atoms with Gasteiger partial charge in [-0.05, 0) is 29.1 Å². The highest BCUT2D eigenvalue weighted by Crippen LogP contribution is 2.28. The highest BCUT2D eigenvalue weighted by Gasteiger charge is 2.09. The Kier molecular flexibility index (Phi) is 3.86. The molecule has 0 amide bonds. The van der Waals surface area contributed by atoms with Crippen molar-refractivity contribution in [2.24, 2.45) is 0 Å². The van der Waals surface area contributed by atoms with E-state index in [1.54, 1.807) is 18.4 Å². The van der Waals surface area contributed by atoms with Gasteiger partial charge in [-0.25, -0.2) is 0 Å². The molecule has 84 valence electrons. The SMILES string of the molecule is COc1ccc(C(Cl)Cc2cccs2)cc1. The molecule has 1 aromatic heterocycles. The minimum absolute atomic E-state index is 0.0320. The smallest absolute Gasteiger partial charge is 0.118 e. The van der Waals surface area contributed by atoms with Crippen molar-refractivity contribution in [1.29, 1.82) is 0 Å². The van der Waals surface area contributed by atoms with E-state index in [1.165, 1.54) is 4.88 Å². The zero-order valence-electron chi connectivity index (χ0n) is 9.02. The van der Waals surface area contributed by atoms with Gasteiger partial charge in [-0.15, -0.1) is 22.9 Å². The lowest BCUT2D eigenvalue weighted by Gasteiger charge is -2.09. The Morgan fingerprint density at radius 1 is 1.25 bits per heavy atom. The van der Waals surface area contributed by atoms with E-state index in [0.29, 0.717) is 0 Å². The zero-order valence-corrected chi connectivity index (χ0v) is 10.6. The molecule has 0 spiro atoms. The van der Waals surface area contributed by atoms with Crippen LogP contribution >= 0.6 is 22.9 Å². The van der Waals surface area contributed by atoms with Crippen molar-refractivity contribution in [3.05, 3.63) is 52.2 Å². The molecule has 1 atom stereocenters. The number of rotatable bonds is 4. The predicted molar refractivity (Wildman–Crippen MR) is 69.6 cm³/mol. The molecular formula is C13H13ClOS. The number of alkyl halides is 1. The summed E-state index contributed by atoms with van der Waals surface area (Å²) in [6.45, 7) is 0. The highest BCUT2D eigenvalue weighted by molar-refractivity contribution is 7.09. The van der Waals surface area contributed by atoms with Crippen LogP contribution in [0.15, 0.2) is 41.8 Å². The zero-order chi connectivity index (χ0) is 11.4. The van der Waals surface area contributed by atoms with Gasteiger partial charge in [0.25, 0.3) is 0 Å². The molecular weight excluding hydrogens is 240 g/mol. The van der Waals surface area contributed by atoms with Crippen molar-refractivity contribution in [3.63, 3.8) is 0 Å². The summed E-state index contributed by atoms with van der Waals surface area (Å²) in [6, 6.07) is 12.1. The number of hydrogen-bond donors (Lipinski definition) is 0. The first-order valence-corrected chi connectivity index (χ1v) is 6.41. The summed E-state index contributed by atoms with van der Waals surface area (Å²) in [7, 11) is 1.67. The van der Waals surface area contributed by atoms with Gasteiger partial charge in [0.05, 0.1) is 12.5 Å². The Morgan fingerprint density at radius 2 is 2.00 bits per heavy atom. The molecule has 1 unspecified atom stereocenters. The number of benzene rings is 1. The number of hydrogen-bond acceptors (Lipinski definition) is 2. The van der Waals surface area contributed by atoms with Crippen molar-refractivity contribution >= 4 is 22.9 Å². The van der Waals surface area contributed by atoms with Crippen LogP contribution in [0.2, 0.25) is 0 Å². The van der Waals surface area contributed by atoms with Gasteiger partial charge in [0.2, 0.25) is 0 Å². The Bertz CT molecular complexity index is 422. The highest BCUT2D eigenvalue weighted by atomic mass is 35.5. The van der Waals surface area contributed by atoms with Crippen LogP contribution in [0.4, 0.5) is 0 Å². The lowest BCUT2D eigenvalue weighted by Crippen LogP contribution is -1.94. The van der Waals surface area contributed by atoms with Gasteiger partial charge in [-0.2, -0.15) is 0 Å². The van der Waals surface area contributed by atoms with Gasteiger partial charge in [0.1, 0.15) is 5.75 Å². The number of ether oxygens (including phenoxy) is 1. The summed E-state index contributed by atoms with van der Waals surface area (Å²) in [4.78, 5) is 1.32. The molecule has 1 heterocycles. The van der Waals surface area contributed by atoms with Gasteiger partial charge < -0.3 is 4.74 Å². The van der Waals surface area contributed by atoms with Crippen molar-refractivity contribution in [2.75, 3.05) is 7.11 Å². The van der Waals surface area contributed by atoms with Crippen molar-refractivity contribution < 1.29 is 4.74 Å². The largest absolute Gasteiger partial charge is 0.497 e. The minimum Gasteiger partial charge on any atom is -0.497 e. The Hall–Kier alpha value is -0.990. The molecule has 0 saturated carbocycles. The summed E-state index contributed by atoms with van der Waals surface area (Å²) < 4.78 is 5.11. The fraction of sp³-hybridized carbons (Fsp3) is 0.231. The van der Waals surface area contributed by atoms with Gasteiger partial charge >= 0.3 is 0 Å². The quantitative estimate of drug-likeness (QED) is 0.738. The van der Waals surface area contributed by atoms with Crippen LogP contribution in [0.5, 0.6) is 5.75 Å². The molecule has 2 rings (SSSR count). The average molecular weight is 253 g/mol. The van der Waals surface area contributed by atoms with Crippen LogP contribution in [0.1, 0.15) is 15.8 Å². The fourth-order valence-electron chi connectivity index (χ4n) is 1.54. The first-order valence-electron chi connectivity index (χ1n) is 5.10. The lowest BCUT2D eigenvalue weighted by atomic mass is 10.1. The maximum Gasteiger partial charge on any atom is 0.118 e. The first-order chi connectivity index (χ1) is 7.79. The normalized spacial score (nSPS) is 12.4. The minimum atomic E-state index is 0.0320. The summed E-state index contributed by atoms with van der Waals surface area (Å²) in [5.41, 5.74) is 1.14. The Morgan fingerprint density at radius 3 is 2.56 bits per heavy atom. The van der Waals surface area contributed by atoms with Crippen molar-refractivity contribution in [2.45, 2.75) is 11.8 Å². The first kappa shape index (κ1) is 11.5. The maximum atomic E-state index is 6.36. The van der Waals surface area contributed by atoms with Crippen LogP contribution in [-0.4, -0.2) is 7.11 Å². The van der Waals surface area contributed by atoms with Crippen molar-refractivity contribution in [3.8, 4) is 5.75 Å². The third kappa shape index (κ3) is 2.77. The van der Waals surface area contributed by atoms with E-state index in [4.69, 9.17) is 16.3 Å². The molecule has 2 aromatic rings. The number of halogens is 1. The molecule has 0 aliphatic carbocycles. The topological polar surface area (TPSA) is 9.23 Å². The van der Waals surface area contributed by atoms with Crippen LogP contribution in [0.25, 0.3) is 0 Å². The van der Waals surface area contributed by atoms with Crippen molar-refractivity contribution in [1.82, 2.24) is 0 Å². The molecule has 1 aromatic carbocycles. The van der Waals surface area contributed by atoms with E-state index in [0.717, 1.165) is 17.7 Å². The summed E-state index contributed by atoms with van der Waals surface area (Å²) in [6.07, 6.45) is 0.881. The molecule has 0 aliphatic rings. The van der Waals surface area contributed by atoms with Crippen LogP contribution in [0.3, 0.4) is 0 Å². The fourth-order valence-corrected chi connectivity index (χ4v) is 2.69. The molecule has 0 aliphatic heterocycles. The second kappa shape index (κ2) is 5.37. The van der Waals surface area contributed by atoms with E-state index in [-0.39, 0.29) is 5.38 Å². The second-order valence-electron chi connectivity index (χ2n) is 3.52. The summed E-state index contributed by atoms with van der Waals surface area (Å²) >= 11 is 8.10. The van der Waals surface area contributed by atoms with E-state index in [9.17, 15) is 0 Å². The summed E-state index contributed by atoms with van der Waals surface area (Å²) in [5, 5.41) is 2.11. The summed E-state index contributed by atoms with van der Waals surface area (Å²) in [5.74, 6) is 0.865. The maximum absolute atomic E-state index is 6.36. The molecule has 0 fully saturated rings. The van der Waals surface area contributed by atoms with E-state index in [1.807, 2.05) is 24.3 Å². The van der Waals surface area contributed by atoms with Crippen LogP contribution in [0, 0.1) is 0 Å². The Labute approximate surface area is 105 Å². The van der Waals surface area contributed by atoms with Gasteiger partial charge in [-0.1, -0.05) is 18.2 Å². The molecule has 0 N–H and O–H groups in total. The predicted octanol–water partition coefficient (Wildman–Crippen LogP) is 4.28. The van der Waals surface area contributed by atoms with E-state index in [2.05, 4.69) is 17.5 Å². The van der Waals surface area contributed by atoms with Gasteiger partial charge in [0, 0.05) is 11.3 Å². The van der Waals surface area contributed by atoms with Gasteiger partial charge in [0.15, 0.2) is 0 Å². The molecule has 0 bridgehead atoms. The molecule has 1 nitrogen and oxygen atoms in total. The van der Waals surface area contributed by atoms with E-state index >= 15 is 0 Å². The standard InChI is InChI=1S/C13H13ClOS/c1-15-11-6-4-10(5-7-11)13(14)9-12-3-2-8-16-12/h2-8,13H,9H2,1H3. The average Bonchev–Trinajstić information content (AvgIpc) is 2.82. The third-order valence-electron chi connectivity index (χ3n) is 2.44. The van der Waals surface area contributed by atoms with Crippen LogP contribution in [-0.2, 0) is 6.42 Å². The third-order valence-corrected chi connectivity index (χ3v) is 3.74. The Balaban J connectivity index is 2.05. The molecule has 16 heavy (non-hydrogen) atoms. The number of thiophene rings is 1. The molecule has 0 saturated heterocycles. The van der Waals surface area contributed by atoms with Gasteiger partial charge in [-0.3, -0.25) is 0 Å². The second-order valence-corrected chi connectivity index (χ2v) is 5.08. The van der Waals surface area contributed by atoms with E-state index < -0.39 is 0 Å². The monoisotopic (exact) mass is 252 g/mol. The van der Waals surface area contributed by atoms with Crippen LogP contribution < -0.4 is 4.74 Å². The lowest BCUT2D eigenvalue weighted by molar-refractivity contribution is 0.414. The number of methoxy groups -OCH3 is 1. The molecule has 3 heteroatoms. The molecule has 0 radical (unpaired) electrons.